The van der Waals surface area contributed by atoms with Gasteiger partial charge in [0.1, 0.15) is 48.8 Å². The van der Waals surface area contributed by atoms with Gasteiger partial charge in [0.25, 0.3) is 0 Å². The second-order valence-corrected chi connectivity index (χ2v) is 7.03. The minimum absolute atomic E-state index is 0.122. The molecule has 3 aliphatic rings. The first kappa shape index (κ1) is 19.4. The average Bonchev–Trinajstić information content (AvgIpc) is 2.57. The number of rotatable bonds is 3. The average molecular weight is 366 g/mol. The molecule has 0 bridgehead atoms. The summed E-state index contributed by atoms with van der Waals surface area (Å²) >= 11 is 0. The van der Waals surface area contributed by atoms with Gasteiger partial charge in [-0.25, -0.2) is 0 Å². The predicted molar refractivity (Wildman–Crippen MR) is 79.3 cm³/mol. The van der Waals surface area contributed by atoms with Crippen molar-refractivity contribution in [3.63, 3.8) is 0 Å². The Labute approximate surface area is 144 Å². The Morgan fingerprint density at radius 1 is 1.04 bits per heavy atom. The number of ether oxygens (including phenoxy) is 5. The molecule has 0 aliphatic carbocycles. The Hall–Kier alpha value is -0.400. The van der Waals surface area contributed by atoms with E-state index in [1.807, 2.05) is 0 Å². The first-order valence-electron chi connectivity index (χ1n) is 8.31. The van der Waals surface area contributed by atoms with Crippen molar-refractivity contribution in [1.82, 2.24) is 0 Å². The maximum absolute atomic E-state index is 10.4. The van der Waals surface area contributed by atoms with E-state index >= 15 is 0 Å². The van der Waals surface area contributed by atoms with Crippen molar-refractivity contribution >= 4 is 0 Å². The van der Waals surface area contributed by atoms with Crippen LogP contribution in [-0.4, -0.2) is 106 Å². The zero-order valence-corrected chi connectivity index (χ0v) is 14.1. The third-order valence-electron chi connectivity index (χ3n) is 4.71. The van der Waals surface area contributed by atoms with Crippen molar-refractivity contribution in [2.45, 2.75) is 74.8 Å². The van der Waals surface area contributed by atoms with E-state index in [1.165, 1.54) is 0 Å². The van der Waals surface area contributed by atoms with Gasteiger partial charge in [0.15, 0.2) is 12.1 Å². The molecular formula is C15H26O10. The molecule has 0 aromatic carbocycles. The van der Waals surface area contributed by atoms with E-state index in [-0.39, 0.29) is 13.2 Å². The van der Waals surface area contributed by atoms with Crippen LogP contribution in [-0.2, 0) is 23.7 Å². The molecule has 3 fully saturated rings. The molecule has 146 valence electrons. The molecule has 9 unspecified atom stereocenters. The van der Waals surface area contributed by atoms with Crippen molar-refractivity contribution in [3.05, 3.63) is 0 Å². The van der Waals surface area contributed by atoms with Gasteiger partial charge in [-0.2, -0.15) is 0 Å². The van der Waals surface area contributed by atoms with Crippen LogP contribution in [0, 0.1) is 0 Å². The highest BCUT2D eigenvalue weighted by Crippen LogP contribution is 2.34. The van der Waals surface area contributed by atoms with Gasteiger partial charge in [-0.05, 0) is 13.8 Å². The zero-order valence-electron chi connectivity index (χ0n) is 14.1. The SMILES string of the molecule is CC1(C)OCC2OC(OC3C(CO)OCC(O)C3O)C(O)C(O)C2O1. The summed E-state index contributed by atoms with van der Waals surface area (Å²) in [5.74, 6) is -0.918. The fourth-order valence-corrected chi connectivity index (χ4v) is 3.28. The second kappa shape index (κ2) is 7.31. The van der Waals surface area contributed by atoms with E-state index in [1.54, 1.807) is 13.8 Å². The van der Waals surface area contributed by atoms with E-state index in [4.69, 9.17) is 23.7 Å². The molecule has 0 saturated carbocycles. The zero-order chi connectivity index (χ0) is 18.4. The summed E-state index contributed by atoms with van der Waals surface area (Å²) in [6.45, 7) is 2.90. The third kappa shape index (κ3) is 3.83. The van der Waals surface area contributed by atoms with Crippen LogP contribution in [0.3, 0.4) is 0 Å². The quantitative estimate of drug-likeness (QED) is 0.352. The molecule has 0 radical (unpaired) electrons. The molecule has 5 N–H and O–H groups in total. The van der Waals surface area contributed by atoms with E-state index in [2.05, 4.69) is 0 Å². The van der Waals surface area contributed by atoms with E-state index in [0.717, 1.165) is 0 Å². The number of aliphatic hydroxyl groups excluding tert-OH is 5. The maximum atomic E-state index is 10.4. The molecule has 3 aliphatic heterocycles. The van der Waals surface area contributed by atoms with Crippen LogP contribution < -0.4 is 0 Å². The monoisotopic (exact) mass is 366 g/mol. The van der Waals surface area contributed by atoms with Crippen molar-refractivity contribution in [2.24, 2.45) is 0 Å². The van der Waals surface area contributed by atoms with E-state index < -0.39 is 67.5 Å². The summed E-state index contributed by atoms with van der Waals surface area (Å²) in [5, 5.41) is 49.9. The first-order chi connectivity index (χ1) is 11.7. The van der Waals surface area contributed by atoms with Crippen LogP contribution >= 0.6 is 0 Å². The number of aliphatic hydroxyl groups is 5. The molecule has 10 nitrogen and oxygen atoms in total. The van der Waals surface area contributed by atoms with Crippen molar-refractivity contribution in [3.8, 4) is 0 Å². The Morgan fingerprint density at radius 2 is 1.76 bits per heavy atom. The lowest BCUT2D eigenvalue weighted by molar-refractivity contribution is -0.393. The molecule has 3 saturated heterocycles. The van der Waals surface area contributed by atoms with Crippen LogP contribution in [0.2, 0.25) is 0 Å². The highest BCUT2D eigenvalue weighted by Gasteiger charge is 2.52. The molecule has 25 heavy (non-hydrogen) atoms. The Morgan fingerprint density at radius 3 is 2.44 bits per heavy atom. The Kier molecular flexibility index (Phi) is 5.66. The minimum atomic E-state index is -1.46. The fourth-order valence-electron chi connectivity index (χ4n) is 3.28. The van der Waals surface area contributed by atoms with Gasteiger partial charge in [-0.3, -0.25) is 0 Å². The normalized spacial score (nSPS) is 50.3. The maximum Gasteiger partial charge on any atom is 0.187 e. The van der Waals surface area contributed by atoms with E-state index in [0.29, 0.717) is 0 Å². The lowest BCUT2D eigenvalue weighted by atomic mass is 9.96. The summed E-state index contributed by atoms with van der Waals surface area (Å²) in [7, 11) is 0. The smallest absolute Gasteiger partial charge is 0.187 e. The molecule has 0 spiro atoms. The summed E-state index contributed by atoms with van der Waals surface area (Å²) in [6, 6.07) is 0. The summed E-state index contributed by atoms with van der Waals surface area (Å²) in [6.07, 6.45) is -10.1. The molecule has 0 amide bonds. The summed E-state index contributed by atoms with van der Waals surface area (Å²) < 4.78 is 27.5. The number of hydrogen-bond acceptors (Lipinski definition) is 10. The van der Waals surface area contributed by atoms with Gasteiger partial charge >= 0.3 is 0 Å². The van der Waals surface area contributed by atoms with Gasteiger partial charge in [0.05, 0.1) is 19.8 Å². The summed E-state index contributed by atoms with van der Waals surface area (Å²) in [4.78, 5) is 0. The van der Waals surface area contributed by atoms with Gasteiger partial charge in [0, 0.05) is 0 Å². The minimum Gasteiger partial charge on any atom is -0.394 e. The molecule has 0 aromatic rings. The predicted octanol–water partition coefficient (Wildman–Crippen LogP) is -2.92. The van der Waals surface area contributed by atoms with Crippen LogP contribution in [0.15, 0.2) is 0 Å². The van der Waals surface area contributed by atoms with Gasteiger partial charge in [0.2, 0.25) is 0 Å². The van der Waals surface area contributed by atoms with Crippen LogP contribution in [0.25, 0.3) is 0 Å². The van der Waals surface area contributed by atoms with Crippen LogP contribution in [0.5, 0.6) is 0 Å². The molecule has 10 heteroatoms. The highest BCUT2D eigenvalue weighted by molar-refractivity contribution is 4.95. The highest BCUT2D eigenvalue weighted by atomic mass is 16.8. The largest absolute Gasteiger partial charge is 0.394 e. The first-order valence-corrected chi connectivity index (χ1v) is 8.31. The molecule has 3 rings (SSSR count). The summed E-state index contributed by atoms with van der Waals surface area (Å²) in [5.41, 5.74) is 0. The number of fused-ring (bicyclic) bond motifs is 1. The fraction of sp³-hybridized carbons (Fsp3) is 1.00. The van der Waals surface area contributed by atoms with Gasteiger partial charge < -0.3 is 49.2 Å². The Bertz CT molecular complexity index is 456. The van der Waals surface area contributed by atoms with Crippen LogP contribution in [0.1, 0.15) is 13.8 Å². The lowest BCUT2D eigenvalue weighted by Gasteiger charge is -2.49. The van der Waals surface area contributed by atoms with Crippen molar-refractivity contribution in [1.29, 1.82) is 0 Å². The van der Waals surface area contributed by atoms with Gasteiger partial charge in [-0.1, -0.05) is 0 Å². The van der Waals surface area contributed by atoms with Crippen molar-refractivity contribution in [2.75, 3.05) is 19.8 Å². The van der Waals surface area contributed by atoms with Gasteiger partial charge in [-0.15, -0.1) is 0 Å². The Balaban J connectivity index is 1.70. The topological polar surface area (TPSA) is 147 Å². The molecular weight excluding hydrogens is 340 g/mol. The number of hydrogen-bond donors (Lipinski definition) is 5. The third-order valence-corrected chi connectivity index (χ3v) is 4.71. The lowest BCUT2D eigenvalue weighted by Crippen LogP contribution is -2.66. The van der Waals surface area contributed by atoms with Crippen LogP contribution in [0.4, 0.5) is 0 Å². The second-order valence-electron chi connectivity index (χ2n) is 7.03. The molecule has 0 aromatic heterocycles. The van der Waals surface area contributed by atoms with E-state index in [9.17, 15) is 25.5 Å². The molecule has 9 atom stereocenters. The standard InChI is InChI=1S/C15H26O10/c1-15(2)22-5-8-13(25-15)10(19)11(20)14(23-8)24-12-7(3-16)21-4-6(17)9(12)18/h6-14,16-20H,3-5H2,1-2H3. The van der Waals surface area contributed by atoms with Crippen molar-refractivity contribution < 1.29 is 49.2 Å². The molecule has 3 heterocycles.